The number of hydrogen-bond donors (Lipinski definition) is 1. The molecule has 0 saturated heterocycles. The molecule has 2 aliphatic rings. The first-order valence-electron chi connectivity index (χ1n) is 12.4. The number of furan rings is 1. The van der Waals surface area contributed by atoms with Crippen LogP contribution in [-0.2, 0) is 17.8 Å². The summed E-state index contributed by atoms with van der Waals surface area (Å²) in [6.07, 6.45) is 2.82. The van der Waals surface area contributed by atoms with Crippen molar-refractivity contribution in [1.29, 1.82) is 0 Å². The highest BCUT2D eigenvalue weighted by atomic mass is 16.5. The lowest BCUT2D eigenvalue weighted by Gasteiger charge is -2.38. The second kappa shape index (κ2) is 9.61. The standard InChI is InChI=1S/C29H32N2O4/c1-18(2)30-28(32)26-12-11-24(35-26)17-34-23-10-9-20-13-14-31(29(33)21-7-8-21)27(25(20)16-23)22-6-4-5-19(3)15-22/h4-6,9-12,15-16,18,21,27H,7-8,13-14,17H2,1-3H3,(H,30,32). The van der Waals surface area contributed by atoms with Crippen molar-refractivity contribution in [2.24, 2.45) is 5.92 Å². The van der Waals surface area contributed by atoms with Crippen LogP contribution < -0.4 is 10.1 Å². The number of benzene rings is 2. The van der Waals surface area contributed by atoms with E-state index in [1.165, 1.54) is 11.1 Å². The zero-order valence-corrected chi connectivity index (χ0v) is 20.5. The van der Waals surface area contributed by atoms with E-state index in [-0.39, 0.29) is 42.2 Å². The predicted molar refractivity (Wildman–Crippen MR) is 133 cm³/mol. The van der Waals surface area contributed by atoms with E-state index in [1.54, 1.807) is 12.1 Å². The molecule has 1 fully saturated rings. The van der Waals surface area contributed by atoms with Gasteiger partial charge in [-0.1, -0.05) is 35.9 Å². The molecular weight excluding hydrogens is 440 g/mol. The molecule has 5 rings (SSSR count). The second-order valence-corrected chi connectivity index (χ2v) is 9.92. The molecule has 6 heteroatoms. The first-order chi connectivity index (χ1) is 16.9. The minimum atomic E-state index is -0.235. The first-order valence-corrected chi connectivity index (χ1v) is 12.4. The fourth-order valence-corrected chi connectivity index (χ4v) is 4.75. The van der Waals surface area contributed by atoms with Crippen molar-refractivity contribution >= 4 is 11.8 Å². The van der Waals surface area contributed by atoms with Gasteiger partial charge in [0.1, 0.15) is 18.1 Å². The number of fused-ring (bicyclic) bond motifs is 1. The van der Waals surface area contributed by atoms with Crippen molar-refractivity contribution in [1.82, 2.24) is 10.2 Å². The number of nitrogens with zero attached hydrogens (tertiary/aromatic N) is 1. The molecule has 0 radical (unpaired) electrons. The zero-order chi connectivity index (χ0) is 24.5. The number of aryl methyl sites for hydroxylation is 1. The molecule has 1 aliphatic heterocycles. The van der Waals surface area contributed by atoms with Crippen LogP contribution in [0.4, 0.5) is 0 Å². The van der Waals surface area contributed by atoms with Gasteiger partial charge in [0.25, 0.3) is 5.91 Å². The average molecular weight is 473 g/mol. The van der Waals surface area contributed by atoms with Gasteiger partial charge >= 0.3 is 0 Å². The Labute approximate surface area is 206 Å². The first kappa shape index (κ1) is 23.2. The van der Waals surface area contributed by atoms with Crippen molar-refractivity contribution in [2.75, 3.05) is 6.54 Å². The molecule has 6 nitrogen and oxygen atoms in total. The second-order valence-electron chi connectivity index (χ2n) is 9.92. The van der Waals surface area contributed by atoms with Gasteiger partial charge in [0, 0.05) is 18.5 Å². The number of amides is 2. The van der Waals surface area contributed by atoms with E-state index in [0.717, 1.165) is 36.9 Å². The molecule has 1 aliphatic carbocycles. The van der Waals surface area contributed by atoms with E-state index < -0.39 is 0 Å². The number of rotatable bonds is 7. The van der Waals surface area contributed by atoms with Crippen LogP contribution in [0.5, 0.6) is 5.75 Å². The lowest BCUT2D eigenvalue weighted by molar-refractivity contribution is -0.134. The summed E-state index contributed by atoms with van der Waals surface area (Å²) in [6, 6.07) is 17.9. The van der Waals surface area contributed by atoms with Crippen molar-refractivity contribution in [2.45, 2.75) is 58.7 Å². The molecule has 2 amide bonds. The van der Waals surface area contributed by atoms with Crippen molar-refractivity contribution in [3.05, 3.63) is 88.4 Å². The van der Waals surface area contributed by atoms with E-state index in [0.29, 0.717) is 11.5 Å². The van der Waals surface area contributed by atoms with Crippen LogP contribution in [-0.4, -0.2) is 29.3 Å². The molecule has 2 aromatic carbocycles. The van der Waals surface area contributed by atoms with Gasteiger partial charge in [-0.15, -0.1) is 0 Å². The highest BCUT2D eigenvalue weighted by Crippen LogP contribution is 2.41. The molecule has 1 saturated carbocycles. The minimum absolute atomic E-state index is 0.0375. The van der Waals surface area contributed by atoms with Gasteiger partial charge in [0.05, 0.1) is 6.04 Å². The smallest absolute Gasteiger partial charge is 0.287 e. The maximum atomic E-state index is 13.2. The Bertz CT molecular complexity index is 1240. The van der Waals surface area contributed by atoms with E-state index >= 15 is 0 Å². The van der Waals surface area contributed by atoms with E-state index in [9.17, 15) is 9.59 Å². The van der Waals surface area contributed by atoms with Crippen LogP contribution in [0.2, 0.25) is 0 Å². The minimum Gasteiger partial charge on any atom is -0.486 e. The fraction of sp³-hybridized carbons (Fsp3) is 0.379. The van der Waals surface area contributed by atoms with Gasteiger partial charge < -0.3 is 19.4 Å². The quantitative estimate of drug-likeness (QED) is 0.514. The van der Waals surface area contributed by atoms with Crippen LogP contribution >= 0.6 is 0 Å². The highest BCUT2D eigenvalue weighted by molar-refractivity contribution is 5.91. The lowest BCUT2D eigenvalue weighted by Crippen LogP contribution is -2.41. The van der Waals surface area contributed by atoms with Gasteiger partial charge in [0.2, 0.25) is 5.91 Å². The summed E-state index contributed by atoms with van der Waals surface area (Å²) >= 11 is 0. The molecular formula is C29H32N2O4. The van der Waals surface area contributed by atoms with E-state index in [4.69, 9.17) is 9.15 Å². The largest absolute Gasteiger partial charge is 0.486 e. The normalized spacial score (nSPS) is 17.3. The van der Waals surface area contributed by atoms with Gasteiger partial charge in [0.15, 0.2) is 5.76 Å². The Hall–Kier alpha value is -3.54. The van der Waals surface area contributed by atoms with E-state index in [2.05, 4.69) is 53.5 Å². The zero-order valence-electron chi connectivity index (χ0n) is 20.5. The Kier molecular flexibility index (Phi) is 6.37. The molecule has 0 bridgehead atoms. The number of nitrogens with one attached hydrogen (secondary N) is 1. The van der Waals surface area contributed by atoms with Gasteiger partial charge in [-0.05, 0) is 81.0 Å². The Morgan fingerprint density at radius 3 is 2.69 bits per heavy atom. The lowest BCUT2D eigenvalue weighted by atomic mass is 9.87. The summed E-state index contributed by atoms with van der Waals surface area (Å²) in [5, 5.41) is 2.82. The Morgan fingerprint density at radius 2 is 1.94 bits per heavy atom. The predicted octanol–water partition coefficient (Wildman–Crippen LogP) is 5.19. The third-order valence-electron chi connectivity index (χ3n) is 6.60. The molecule has 0 spiro atoms. The monoisotopic (exact) mass is 472 g/mol. The summed E-state index contributed by atoms with van der Waals surface area (Å²) in [5.74, 6) is 1.77. The van der Waals surface area contributed by atoms with Crippen LogP contribution in [0, 0.1) is 12.8 Å². The maximum absolute atomic E-state index is 13.2. The topological polar surface area (TPSA) is 71.8 Å². The van der Waals surface area contributed by atoms with Gasteiger partial charge in [-0.25, -0.2) is 0 Å². The third kappa shape index (κ3) is 5.11. The molecule has 1 atom stereocenters. The maximum Gasteiger partial charge on any atom is 0.287 e. The summed E-state index contributed by atoms with van der Waals surface area (Å²) in [7, 11) is 0. The van der Waals surface area contributed by atoms with E-state index in [1.807, 2.05) is 19.9 Å². The van der Waals surface area contributed by atoms with Gasteiger partial charge in [-0.3, -0.25) is 9.59 Å². The molecule has 1 N–H and O–H groups in total. The summed E-state index contributed by atoms with van der Waals surface area (Å²) in [6.45, 7) is 6.84. The van der Waals surface area contributed by atoms with Crippen LogP contribution in [0.1, 0.15) is 71.3 Å². The molecule has 1 unspecified atom stereocenters. The Balaban J connectivity index is 1.39. The third-order valence-corrected chi connectivity index (χ3v) is 6.60. The molecule has 35 heavy (non-hydrogen) atoms. The fourth-order valence-electron chi connectivity index (χ4n) is 4.75. The summed E-state index contributed by atoms with van der Waals surface area (Å²) in [4.78, 5) is 27.4. The van der Waals surface area contributed by atoms with Crippen LogP contribution in [0.15, 0.2) is 59.0 Å². The van der Waals surface area contributed by atoms with Gasteiger partial charge in [-0.2, -0.15) is 0 Å². The number of ether oxygens (including phenoxy) is 1. The van der Waals surface area contributed by atoms with Crippen LogP contribution in [0.25, 0.3) is 0 Å². The number of carbonyl (C=O) groups excluding carboxylic acids is 2. The SMILES string of the molecule is Cc1cccc(C2c3cc(OCc4ccc(C(=O)NC(C)C)o4)ccc3CCN2C(=O)C2CC2)c1. The number of carbonyl (C=O) groups is 2. The molecule has 1 aromatic heterocycles. The number of hydrogen-bond acceptors (Lipinski definition) is 4. The van der Waals surface area contributed by atoms with Crippen molar-refractivity contribution in [3.63, 3.8) is 0 Å². The van der Waals surface area contributed by atoms with Crippen molar-refractivity contribution in [3.8, 4) is 5.75 Å². The molecule has 3 aromatic rings. The van der Waals surface area contributed by atoms with Crippen molar-refractivity contribution < 1.29 is 18.7 Å². The average Bonchev–Trinajstić information content (AvgIpc) is 3.58. The summed E-state index contributed by atoms with van der Waals surface area (Å²) in [5.41, 5.74) is 4.67. The van der Waals surface area contributed by atoms with Crippen LogP contribution in [0.3, 0.4) is 0 Å². The summed E-state index contributed by atoms with van der Waals surface area (Å²) < 4.78 is 11.7. The Morgan fingerprint density at radius 1 is 1.11 bits per heavy atom. The molecule has 182 valence electrons. The molecule has 2 heterocycles. The highest BCUT2D eigenvalue weighted by Gasteiger charge is 2.39.